The van der Waals surface area contributed by atoms with Crippen molar-refractivity contribution in [2.75, 3.05) is 6.54 Å². The third kappa shape index (κ3) is 1.70. The fourth-order valence-corrected chi connectivity index (χ4v) is 1.37. The van der Waals surface area contributed by atoms with Crippen molar-refractivity contribution in [1.29, 1.82) is 0 Å². The van der Waals surface area contributed by atoms with Crippen LogP contribution in [0.4, 0.5) is 0 Å². The van der Waals surface area contributed by atoms with Crippen LogP contribution in [-0.2, 0) is 6.42 Å². The summed E-state index contributed by atoms with van der Waals surface area (Å²) in [6.45, 7) is 0.733. The van der Waals surface area contributed by atoms with E-state index in [1.54, 1.807) is 6.26 Å². The SMILES string of the molecule is NCCCc1ccc2conc2c1. The molecule has 2 N–H and O–H groups in total. The van der Waals surface area contributed by atoms with Crippen LogP contribution in [0.15, 0.2) is 29.0 Å². The largest absolute Gasteiger partial charge is 0.364 e. The van der Waals surface area contributed by atoms with Gasteiger partial charge in [-0.3, -0.25) is 0 Å². The highest BCUT2D eigenvalue weighted by Crippen LogP contribution is 2.14. The van der Waals surface area contributed by atoms with E-state index >= 15 is 0 Å². The molecule has 3 heteroatoms. The van der Waals surface area contributed by atoms with Gasteiger partial charge < -0.3 is 10.3 Å². The van der Waals surface area contributed by atoms with Gasteiger partial charge in [0, 0.05) is 5.39 Å². The van der Waals surface area contributed by atoms with Gasteiger partial charge in [0.25, 0.3) is 0 Å². The van der Waals surface area contributed by atoms with E-state index in [1.165, 1.54) is 5.56 Å². The molecule has 0 bridgehead atoms. The van der Waals surface area contributed by atoms with Crippen LogP contribution in [0.5, 0.6) is 0 Å². The second-order valence-electron chi connectivity index (χ2n) is 3.10. The van der Waals surface area contributed by atoms with E-state index in [0.29, 0.717) is 0 Å². The third-order valence-electron chi connectivity index (χ3n) is 2.10. The van der Waals surface area contributed by atoms with Gasteiger partial charge in [-0.25, -0.2) is 0 Å². The van der Waals surface area contributed by atoms with Crippen LogP contribution in [-0.4, -0.2) is 11.7 Å². The van der Waals surface area contributed by atoms with Crippen molar-refractivity contribution in [3.63, 3.8) is 0 Å². The molecule has 0 unspecified atom stereocenters. The minimum absolute atomic E-state index is 0.733. The number of aromatic nitrogens is 1. The maximum Gasteiger partial charge on any atom is 0.131 e. The number of rotatable bonds is 3. The van der Waals surface area contributed by atoms with Gasteiger partial charge in [-0.2, -0.15) is 0 Å². The van der Waals surface area contributed by atoms with Crippen LogP contribution in [0.2, 0.25) is 0 Å². The maximum absolute atomic E-state index is 5.43. The van der Waals surface area contributed by atoms with Crippen molar-refractivity contribution >= 4 is 10.9 Å². The minimum Gasteiger partial charge on any atom is -0.364 e. The normalized spacial score (nSPS) is 10.8. The molecule has 2 rings (SSSR count). The number of benzene rings is 1. The molecule has 13 heavy (non-hydrogen) atoms. The lowest BCUT2D eigenvalue weighted by molar-refractivity contribution is 0.428. The number of hydrogen-bond acceptors (Lipinski definition) is 3. The first-order chi connectivity index (χ1) is 6.40. The first-order valence-corrected chi connectivity index (χ1v) is 4.43. The molecular formula is C10H12N2O. The van der Waals surface area contributed by atoms with Gasteiger partial charge in [0.15, 0.2) is 0 Å². The van der Waals surface area contributed by atoms with Crippen molar-refractivity contribution in [2.45, 2.75) is 12.8 Å². The molecule has 0 saturated heterocycles. The Balaban J connectivity index is 2.26. The topological polar surface area (TPSA) is 52.0 Å². The molecule has 0 radical (unpaired) electrons. The molecule has 0 aliphatic heterocycles. The van der Waals surface area contributed by atoms with E-state index in [4.69, 9.17) is 10.3 Å². The summed E-state index contributed by atoms with van der Waals surface area (Å²) in [5, 5.41) is 4.93. The molecule has 1 aromatic heterocycles. The first kappa shape index (κ1) is 8.26. The molecular weight excluding hydrogens is 164 g/mol. The lowest BCUT2D eigenvalue weighted by Gasteiger charge is -1.97. The summed E-state index contributed by atoms with van der Waals surface area (Å²) < 4.78 is 4.85. The molecule has 0 spiro atoms. The Morgan fingerprint density at radius 2 is 2.31 bits per heavy atom. The number of nitrogens with zero attached hydrogens (tertiary/aromatic N) is 1. The summed E-state index contributed by atoms with van der Waals surface area (Å²) in [5.41, 5.74) is 7.63. The van der Waals surface area contributed by atoms with Crippen molar-refractivity contribution in [3.05, 3.63) is 30.0 Å². The maximum atomic E-state index is 5.43. The second kappa shape index (κ2) is 3.58. The van der Waals surface area contributed by atoms with E-state index in [1.807, 2.05) is 6.07 Å². The zero-order chi connectivity index (χ0) is 9.10. The molecule has 68 valence electrons. The molecule has 3 nitrogen and oxygen atoms in total. The molecule has 0 saturated carbocycles. The summed E-state index contributed by atoms with van der Waals surface area (Å²) in [4.78, 5) is 0. The van der Waals surface area contributed by atoms with Crippen LogP contribution in [0.25, 0.3) is 10.9 Å². The predicted molar refractivity (Wildman–Crippen MR) is 51.4 cm³/mol. The van der Waals surface area contributed by atoms with E-state index in [0.717, 1.165) is 30.3 Å². The Morgan fingerprint density at radius 3 is 3.15 bits per heavy atom. The average Bonchev–Trinajstić information content (AvgIpc) is 2.61. The van der Waals surface area contributed by atoms with E-state index in [9.17, 15) is 0 Å². The quantitative estimate of drug-likeness (QED) is 0.774. The predicted octanol–water partition coefficient (Wildman–Crippen LogP) is 1.72. The lowest BCUT2D eigenvalue weighted by Crippen LogP contribution is -2.00. The molecule has 0 aliphatic carbocycles. The van der Waals surface area contributed by atoms with Crippen molar-refractivity contribution in [2.24, 2.45) is 5.73 Å². The highest BCUT2D eigenvalue weighted by atomic mass is 16.5. The summed E-state index contributed by atoms with van der Waals surface area (Å²) in [6.07, 6.45) is 3.69. The molecule has 1 heterocycles. The van der Waals surface area contributed by atoms with Gasteiger partial charge in [-0.15, -0.1) is 0 Å². The van der Waals surface area contributed by atoms with Crippen LogP contribution in [0.1, 0.15) is 12.0 Å². The molecule has 0 fully saturated rings. The van der Waals surface area contributed by atoms with Gasteiger partial charge in [0.2, 0.25) is 0 Å². The van der Waals surface area contributed by atoms with Crippen molar-refractivity contribution < 1.29 is 4.52 Å². The van der Waals surface area contributed by atoms with Gasteiger partial charge in [-0.05, 0) is 37.1 Å². The number of aryl methyl sites for hydroxylation is 1. The molecule has 1 aromatic carbocycles. The average molecular weight is 176 g/mol. The number of hydrogen-bond donors (Lipinski definition) is 1. The number of fused-ring (bicyclic) bond motifs is 1. The first-order valence-electron chi connectivity index (χ1n) is 4.43. The molecule has 0 atom stereocenters. The standard InChI is InChI=1S/C10H12N2O/c11-5-1-2-8-3-4-9-7-13-12-10(9)6-8/h3-4,6-7H,1-2,5,11H2. The van der Waals surface area contributed by atoms with Gasteiger partial charge in [0.05, 0.1) is 0 Å². The Labute approximate surface area is 76.5 Å². The fourth-order valence-electron chi connectivity index (χ4n) is 1.37. The van der Waals surface area contributed by atoms with Gasteiger partial charge >= 0.3 is 0 Å². The lowest BCUT2D eigenvalue weighted by atomic mass is 10.1. The summed E-state index contributed by atoms with van der Waals surface area (Å²) in [6, 6.07) is 6.17. The van der Waals surface area contributed by atoms with Crippen LogP contribution >= 0.6 is 0 Å². The Kier molecular flexibility index (Phi) is 2.27. The summed E-state index contributed by atoms with van der Waals surface area (Å²) in [5.74, 6) is 0. The van der Waals surface area contributed by atoms with Crippen molar-refractivity contribution in [3.8, 4) is 0 Å². The molecule has 0 aliphatic rings. The number of nitrogens with two attached hydrogens (primary N) is 1. The van der Waals surface area contributed by atoms with Crippen LogP contribution < -0.4 is 5.73 Å². The highest BCUT2D eigenvalue weighted by Gasteiger charge is 1.98. The smallest absolute Gasteiger partial charge is 0.131 e. The Morgan fingerprint density at radius 1 is 1.38 bits per heavy atom. The van der Waals surface area contributed by atoms with Gasteiger partial charge in [0.1, 0.15) is 11.8 Å². The minimum atomic E-state index is 0.733. The fraction of sp³-hybridized carbons (Fsp3) is 0.300. The van der Waals surface area contributed by atoms with E-state index in [-0.39, 0.29) is 0 Å². The van der Waals surface area contributed by atoms with Crippen LogP contribution in [0, 0.1) is 0 Å². The molecule has 2 aromatic rings. The van der Waals surface area contributed by atoms with E-state index < -0.39 is 0 Å². The zero-order valence-corrected chi connectivity index (χ0v) is 7.36. The summed E-state index contributed by atoms with van der Waals surface area (Å²) >= 11 is 0. The molecule has 0 amide bonds. The Bertz CT molecular complexity index is 394. The summed E-state index contributed by atoms with van der Waals surface area (Å²) in [7, 11) is 0. The second-order valence-corrected chi connectivity index (χ2v) is 3.10. The highest BCUT2D eigenvalue weighted by molar-refractivity contribution is 5.77. The zero-order valence-electron chi connectivity index (χ0n) is 7.36. The van der Waals surface area contributed by atoms with Crippen molar-refractivity contribution in [1.82, 2.24) is 5.16 Å². The monoisotopic (exact) mass is 176 g/mol. The third-order valence-corrected chi connectivity index (χ3v) is 2.10. The Hall–Kier alpha value is -1.35. The van der Waals surface area contributed by atoms with Crippen LogP contribution in [0.3, 0.4) is 0 Å². The van der Waals surface area contributed by atoms with E-state index in [2.05, 4.69) is 17.3 Å². The van der Waals surface area contributed by atoms with Gasteiger partial charge in [-0.1, -0.05) is 11.2 Å².